The Morgan fingerprint density at radius 3 is 2.35 bits per heavy atom. The Morgan fingerprint density at radius 1 is 1.20 bits per heavy atom. The molecule has 20 heavy (non-hydrogen) atoms. The largest absolute Gasteiger partial charge is 0.417 e. The summed E-state index contributed by atoms with van der Waals surface area (Å²) in [5, 5.41) is 0. The summed E-state index contributed by atoms with van der Waals surface area (Å²) >= 11 is 7.35. The Morgan fingerprint density at radius 2 is 1.85 bits per heavy atom. The van der Waals surface area contributed by atoms with Crippen LogP contribution >= 0.6 is 43.2 Å². The number of aryl methyl sites for hydroxylation is 1. The Balaban J connectivity index is 2.46. The summed E-state index contributed by atoms with van der Waals surface area (Å²) in [7, 11) is 0. The minimum atomic E-state index is -4.50. The highest BCUT2D eigenvalue weighted by Gasteiger charge is 2.33. The van der Waals surface area contributed by atoms with Crippen LogP contribution < -0.4 is 0 Å². The van der Waals surface area contributed by atoms with Crippen LogP contribution in [0.3, 0.4) is 0 Å². The van der Waals surface area contributed by atoms with Gasteiger partial charge in [0.05, 0.1) is 14.2 Å². The molecule has 0 N–H and O–H groups in total. The van der Waals surface area contributed by atoms with Crippen molar-refractivity contribution < 1.29 is 18.0 Å². The molecule has 0 aliphatic carbocycles. The Hall–Kier alpha value is -0.660. The van der Waals surface area contributed by atoms with Crippen LogP contribution in [0.1, 0.15) is 26.4 Å². The van der Waals surface area contributed by atoms with Gasteiger partial charge in [-0.2, -0.15) is 13.2 Å². The maximum Gasteiger partial charge on any atom is 0.417 e. The van der Waals surface area contributed by atoms with E-state index >= 15 is 0 Å². The van der Waals surface area contributed by atoms with Gasteiger partial charge < -0.3 is 0 Å². The molecule has 0 aliphatic rings. The van der Waals surface area contributed by atoms with Gasteiger partial charge in [0, 0.05) is 10.0 Å². The van der Waals surface area contributed by atoms with E-state index in [0.29, 0.717) is 4.88 Å². The summed E-state index contributed by atoms with van der Waals surface area (Å²) in [6.07, 6.45) is -4.50. The van der Waals surface area contributed by atoms with Gasteiger partial charge in [0.15, 0.2) is 0 Å². The molecule has 2 rings (SSSR count). The fourth-order valence-corrected chi connectivity index (χ4v) is 3.57. The second-order valence-corrected chi connectivity index (χ2v) is 7.31. The average Bonchev–Trinajstić information content (AvgIpc) is 2.68. The first kappa shape index (κ1) is 15.7. The molecule has 0 amide bonds. The summed E-state index contributed by atoms with van der Waals surface area (Å²) in [5.41, 5.74) is 0.0523. The first-order valence-corrected chi connectivity index (χ1v) is 7.78. The quantitative estimate of drug-likeness (QED) is 0.551. The molecule has 1 heterocycles. The number of rotatable bonds is 2. The van der Waals surface area contributed by atoms with Crippen molar-refractivity contribution in [1.82, 2.24) is 0 Å². The smallest absolute Gasteiger partial charge is 0.288 e. The zero-order valence-corrected chi connectivity index (χ0v) is 14.0. The van der Waals surface area contributed by atoms with Gasteiger partial charge in [0.2, 0.25) is 5.78 Å². The molecule has 0 aliphatic heterocycles. The highest BCUT2D eigenvalue weighted by molar-refractivity contribution is 9.11. The molecular weight excluding hydrogens is 421 g/mol. The lowest BCUT2D eigenvalue weighted by atomic mass is 10.1. The second kappa shape index (κ2) is 5.61. The number of ketones is 1. The number of carbonyl (C=O) groups excluding carboxylic acids is 1. The van der Waals surface area contributed by atoms with E-state index in [0.717, 1.165) is 15.4 Å². The van der Waals surface area contributed by atoms with Crippen molar-refractivity contribution in [3.63, 3.8) is 0 Å². The topological polar surface area (TPSA) is 17.1 Å². The lowest BCUT2D eigenvalue weighted by molar-refractivity contribution is -0.138. The number of carbonyl (C=O) groups is 1. The van der Waals surface area contributed by atoms with Gasteiger partial charge in [-0.25, -0.2) is 0 Å². The molecule has 7 heteroatoms. The van der Waals surface area contributed by atoms with Gasteiger partial charge in [-0.05, 0) is 52.7 Å². The summed E-state index contributed by atoms with van der Waals surface area (Å²) in [6, 6.07) is 5.15. The molecule has 1 nitrogen and oxygen atoms in total. The Labute approximate surface area is 134 Å². The first-order valence-electron chi connectivity index (χ1n) is 5.37. The van der Waals surface area contributed by atoms with E-state index in [2.05, 4.69) is 31.9 Å². The molecule has 0 spiro atoms. The summed E-state index contributed by atoms with van der Waals surface area (Å²) < 4.78 is 39.2. The van der Waals surface area contributed by atoms with E-state index in [1.807, 2.05) is 6.92 Å². The van der Waals surface area contributed by atoms with Gasteiger partial charge in [0.25, 0.3) is 0 Å². The van der Waals surface area contributed by atoms with E-state index in [1.165, 1.54) is 23.5 Å². The van der Waals surface area contributed by atoms with Crippen molar-refractivity contribution in [1.29, 1.82) is 0 Å². The first-order chi connectivity index (χ1) is 9.20. The SMILES string of the molecule is Cc1cc(C(=O)c2ccc(Br)c(C(F)(F)F)c2)sc1Br. The van der Waals surface area contributed by atoms with Crippen LogP contribution in [0.25, 0.3) is 0 Å². The number of halogens is 5. The van der Waals surface area contributed by atoms with Crippen molar-refractivity contribution in [3.8, 4) is 0 Å². The fourth-order valence-electron chi connectivity index (χ4n) is 1.60. The molecule has 1 aromatic heterocycles. The molecule has 0 atom stereocenters. The summed E-state index contributed by atoms with van der Waals surface area (Å²) in [6.45, 7) is 1.82. The number of hydrogen-bond donors (Lipinski definition) is 0. The predicted molar refractivity (Wildman–Crippen MR) is 79.3 cm³/mol. The van der Waals surface area contributed by atoms with E-state index in [-0.39, 0.29) is 10.0 Å². The molecule has 0 fully saturated rings. The zero-order valence-electron chi connectivity index (χ0n) is 10.0. The molecule has 106 valence electrons. The number of thiophene rings is 1. The lowest BCUT2D eigenvalue weighted by Gasteiger charge is -2.10. The number of hydrogen-bond acceptors (Lipinski definition) is 2. The highest BCUT2D eigenvalue weighted by atomic mass is 79.9. The predicted octanol–water partition coefficient (Wildman–Crippen LogP) is 5.83. The maximum atomic E-state index is 12.8. The van der Waals surface area contributed by atoms with Crippen molar-refractivity contribution in [2.45, 2.75) is 13.1 Å². The van der Waals surface area contributed by atoms with E-state index < -0.39 is 17.5 Å². The molecule has 0 radical (unpaired) electrons. The van der Waals surface area contributed by atoms with Crippen LogP contribution in [0.15, 0.2) is 32.5 Å². The van der Waals surface area contributed by atoms with Gasteiger partial charge in [-0.1, -0.05) is 15.9 Å². The fraction of sp³-hybridized carbons (Fsp3) is 0.154. The normalized spacial score (nSPS) is 11.7. The van der Waals surface area contributed by atoms with Crippen LogP contribution in [0, 0.1) is 6.92 Å². The third kappa shape index (κ3) is 3.15. The van der Waals surface area contributed by atoms with Gasteiger partial charge >= 0.3 is 6.18 Å². The summed E-state index contributed by atoms with van der Waals surface area (Å²) in [5.74, 6) is -0.415. The van der Waals surface area contributed by atoms with Crippen molar-refractivity contribution in [3.05, 3.63) is 54.1 Å². The summed E-state index contributed by atoms with van der Waals surface area (Å²) in [4.78, 5) is 12.6. The minimum Gasteiger partial charge on any atom is -0.288 e. The van der Waals surface area contributed by atoms with E-state index in [4.69, 9.17) is 0 Å². The Kier molecular flexibility index (Phi) is 4.41. The van der Waals surface area contributed by atoms with Crippen LogP contribution in [0.5, 0.6) is 0 Å². The molecule has 0 bridgehead atoms. The molecule has 0 unspecified atom stereocenters. The molecular formula is C13H7Br2F3OS. The monoisotopic (exact) mass is 426 g/mol. The highest BCUT2D eigenvalue weighted by Crippen LogP contribution is 2.36. The number of benzene rings is 1. The molecule has 0 saturated carbocycles. The van der Waals surface area contributed by atoms with Gasteiger partial charge in [0.1, 0.15) is 0 Å². The van der Waals surface area contributed by atoms with E-state index in [1.54, 1.807) is 6.07 Å². The van der Waals surface area contributed by atoms with Crippen LogP contribution in [0.4, 0.5) is 13.2 Å². The third-order valence-corrected chi connectivity index (χ3v) is 5.44. The second-order valence-electron chi connectivity index (χ2n) is 4.09. The maximum absolute atomic E-state index is 12.8. The minimum absolute atomic E-state index is 0.0225. The lowest BCUT2D eigenvalue weighted by Crippen LogP contribution is -2.08. The average molecular weight is 428 g/mol. The zero-order chi connectivity index (χ0) is 15.1. The van der Waals surface area contributed by atoms with Crippen molar-refractivity contribution in [2.24, 2.45) is 0 Å². The standard InChI is InChI=1S/C13H7Br2F3OS/c1-6-4-10(20-12(6)15)11(19)7-2-3-9(14)8(5-7)13(16,17)18/h2-5H,1H3. The van der Waals surface area contributed by atoms with E-state index in [9.17, 15) is 18.0 Å². The molecule has 1 aromatic carbocycles. The van der Waals surface area contributed by atoms with Crippen molar-refractivity contribution >= 4 is 49.0 Å². The molecule has 2 aromatic rings. The van der Waals surface area contributed by atoms with Crippen molar-refractivity contribution in [2.75, 3.05) is 0 Å². The molecule has 0 saturated heterocycles. The van der Waals surface area contributed by atoms with Gasteiger partial charge in [-0.15, -0.1) is 11.3 Å². The van der Waals surface area contributed by atoms with Crippen LogP contribution in [0.2, 0.25) is 0 Å². The van der Waals surface area contributed by atoms with Crippen LogP contribution in [-0.4, -0.2) is 5.78 Å². The van der Waals surface area contributed by atoms with Crippen LogP contribution in [-0.2, 0) is 6.18 Å². The third-order valence-electron chi connectivity index (χ3n) is 2.61. The Bertz CT molecular complexity index is 657. The number of alkyl halides is 3. The van der Waals surface area contributed by atoms with Gasteiger partial charge in [-0.3, -0.25) is 4.79 Å².